The van der Waals surface area contributed by atoms with Gasteiger partial charge in [0.15, 0.2) is 0 Å². The Morgan fingerprint density at radius 3 is 2.02 bits per heavy atom. The van der Waals surface area contributed by atoms with Crippen molar-refractivity contribution in [3.05, 3.63) is 113 Å². The molecule has 0 saturated carbocycles. The third-order valence-corrected chi connectivity index (χ3v) is 12.2. The number of amides is 1. The normalized spacial score (nSPS) is 12.9. The van der Waals surface area contributed by atoms with Crippen LogP contribution >= 0.6 is 7.26 Å². The Morgan fingerprint density at radius 2 is 1.48 bits per heavy atom. The first-order valence-electron chi connectivity index (χ1n) is 14.5. The number of non-ortho nitro benzene ring substituents is 1. The van der Waals surface area contributed by atoms with Crippen LogP contribution in [0.1, 0.15) is 57.1 Å². The highest BCUT2D eigenvalue weighted by Crippen LogP contribution is 2.55. The highest BCUT2D eigenvalue weighted by molar-refractivity contribution is 7.95. The molecule has 0 aliphatic heterocycles. The van der Waals surface area contributed by atoms with Crippen molar-refractivity contribution in [2.75, 3.05) is 6.16 Å². The molecule has 2 atom stereocenters. The van der Waals surface area contributed by atoms with Crippen LogP contribution < -0.4 is 21.2 Å². The third-order valence-electron chi connectivity index (χ3n) is 7.73. The van der Waals surface area contributed by atoms with Crippen LogP contribution in [0.25, 0.3) is 0 Å². The number of aryl methyl sites for hydroxylation is 1. The second-order valence-corrected chi connectivity index (χ2v) is 14.4. The van der Waals surface area contributed by atoms with E-state index in [0.717, 1.165) is 38.3 Å². The summed E-state index contributed by atoms with van der Waals surface area (Å²) in [7, 11) is 0.107. The second-order valence-electron chi connectivity index (χ2n) is 10.7. The minimum atomic E-state index is -1.87. The van der Waals surface area contributed by atoms with Gasteiger partial charge in [-0.1, -0.05) is 49.2 Å². The van der Waals surface area contributed by atoms with E-state index in [1.165, 1.54) is 40.2 Å². The lowest BCUT2D eigenvalue weighted by Crippen LogP contribution is -2.36. The second kappa shape index (κ2) is 14.9. The topological polar surface area (TPSA) is 110 Å². The quantitative estimate of drug-likeness (QED) is 0.0860. The lowest BCUT2D eigenvalue weighted by atomic mass is 10.0. The summed E-state index contributed by atoms with van der Waals surface area (Å²) < 4.78 is 1.90. The Labute approximate surface area is 248 Å². The minimum absolute atomic E-state index is 0.0348. The number of rotatable bonds is 15. The van der Waals surface area contributed by atoms with E-state index in [4.69, 9.17) is 0 Å². The number of carbonyl (C=O) groups is 1. The number of nitro groups is 1. The fourth-order valence-electron chi connectivity index (χ4n) is 5.46. The summed E-state index contributed by atoms with van der Waals surface area (Å²) in [6.07, 6.45) is 9.68. The Bertz CT molecular complexity index is 1390. The smallest absolute Gasteiger partial charge is 0.269 e. The molecule has 0 aliphatic rings. The number of aliphatic hydroxyl groups is 1. The van der Waals surface area contributed by atoms with Crippen LogP contribution in [0.5, 0.6) is 0 Å². The number of nitro benzene ring substituents is 1. The lowest BCUT2D eigenvalue weighted by Gasteiger charge is -2.26. The Balaban J connectivity index is 1.28. The minimum Gasteiger partial charge on any atom is -0.386 e. The summed E-state index contributed by atoms with van der Waals surface area (Å²) in [6.45, 7) is 1.74. The molecule has 9 heteroatoms. The molecule has 2 N–H and O–H groups in total. The highest BCUT2D eigenvalue weighted by Gasteiger charge is 2.45. The van der Waals surface area contributed by atoms with Crippen molar-refractivity contribution in [3.63, 3.8) is 0 Å². The van der Waals surface area contributed by atoms with Gasteiger partial charge in [0.2, 0.25) is 5.91 Å². The average Bonchev–Trinajstić information content (AvgIpc) is 3.45. The van der Waals surface area contributed by atoms with Gasteiger partial charge in [-0.05, 0) is 68.1 Å². The summed E-state index contributed by atoms with van der Waals surface area (Å²) in [5.74, 6) is -0.0989. The van der Waals surface area contributed by atoms with E-state index in [9.17, 15) is 20.0 Å². The predicted octanol–water partition coefficient (Wildman–Crippen LogP) is 5.20. The SMILES string of the molecule is C[C@@H](NC(=O)CCCCCCC[P+](c1ccccc1)(c1ccccc1)c1cnn(C)c1)[C@H](O)c1ccc([N+](=O)[O-])cc1. The molecule has 1 aromatic heterocycles. The number of hydrogen-bond acceptors (Lipinski definition) is 5. The molecule has 0 bridgehead atoms. The zero-order chi connectivity index (χ0) is 30.0. The highest BCUT2D eigenvalue weighted by atomic mass is 31.2. The van der Waals surface area contributed by atoms with Crippen molar-refractivity contribution >= 4 is 34.8 Å². The average molecular weight is 588 g/mol. The summed E-state index contributed by atoms with van der Waals surface area (Å²) in [6, 6.07) is 26.9. The molecule has 4 aromatic rings. The van der Waals surface area contributed by atoms with Gasteiger partial charge >= 0.3 is 0 Å². The van der Waals surface area contributed by atoms with Crippen LogP contribution in [0, 0.1) is 10.1 Å². The van der Waals surface area contributed by atoms with Gasteiger partial charge in [-0.3, -0.25) is 19.6 Å². The van der Waals surface area contributed by atoms with Crippen molar-refractivity contribution in [1.29, 1.82) is 0 Å². The van der Waals surface area contributed by atoms with Crippen molar-refractivity contribution in [2.24, 2.45) is 7.05 Å². The van der Waals surface area contributed by atoms with Crippen LogP contribution in [-0.4, -0.2) is 37.9 Å². The molecule has 4 rings (SSSR count). The molecular weight excluding hydrogens is 547 g/mol. The van der Waals surface area contributed by atoms with Gasteiger partial charge in [-0.2, -0.15) is 5.10 Å². The molecule has 0 radical (unpaired) electrons. The van der Waals surface area contributed by atoms with Gasteiger partial charge in [0.1, 0.15) is 23.2 Å². The molecule has 1 heterocycles. The molecule has 0 aliphatic carbocycles. The molecule has 1 amide bonds. The molecule has 0 spiro atoms. The van der Waals surface area contributed by atoms with Gasteiger partial charge in [0, 0.05) is 25.6 Å². The maximum atomic E-state index is 12.5. The summed E-state index contributed by atoms with van der Waals surface area (Å²) in [5, 5.41) is 32.9. The first-order chi connectivity index (χ1) is 20.3. The molecule has 3 aromatic carbocycles. The van der Waals surface area contributed by atoms with Gasteiger partial charge in [0.25, 0.3) is 5.69 Å². The summed E-state index contributed by atoms with van der Waals surface area (Å²) in [4.78, 5) is 22.9. The van der Waals surface area contributed by atoms with Gasteiger partial charge < -0.3 is 10.4 Å². The first kappa shape index (κ1) is 31.1. The van der Waals surface area contributed by atoms with E-state index in [1.54, 1.807) is 6.92 Å². The molecular formula is C33H40N4O4P+. The zero-order valence-corrected chi connectivity index (χ0v) is 25.2. The number of benzene rings is 3. The first-order valence-corrected chi connectivity index (χ1v) is 16.5. The van der Waals surface area contributed by atoms with E-state index in [1.807, 2.05) is 17.9 Å². The van der Waals surface area contributed by atoms with Crippen LogP contribution in [0.3, 0.4) is 0 Å². The van der Waals surface area contributed by atoms with E-state index >= 15 is 0 Å². The van der Waals surface area contributed by atoms with Crippen molar-refractivity contribution < 1.29 is 14.8 Å². The standard InChI is InChI=1S/C33H39N4O4P/c1-26(33(39)27-19-21-28(22-20-27)37(40)41)35-32(38)18-12-4-3-5-13-23-42(29-14-8-6-9-15-29,30-16-10-7-11-17-30)31-24-34-36(2)25-31/h6-11,14-17,19-22,24-26,33,39H,3-5,12-13,18,23H2,1-2H3/p+1/t26-,33+/m1/s1. The number of hydrogen-bond donors (Lipinski definition) is 2. The fraction of sp³-hybridized carbons (Fsp3) is 0.333. The molecule has 8 nitrogen and oxygen atoms in total. The van der Waals surface area contributed by atoms with Crippen molar-refractivity contribution in [1.82, 2.24) is 15.1 Å². The molecule has 42 heavy (non-hydrogen) atoms. The number of carbonyl (C=O) groups excluding carboxylic acids is 1. The third kappa shape index (κ3) is 7.69. The maximum Gasteiger partial charge on any atom is 0.269 e. The number of aliphatic hydroxyl groups excluding tert-OH is 1. The zero-order valence-electron chi connectivity index (χ0n) is 24.3. The molecule has 220 valence electrons. The number of nitrogens with zero attached hydrogens (tertiary/aromatic N) is 3. The Morgan fingerprint density at radius 1 is 0.905 bits per heavy atom. The number of aromatic nitrogens is 2. The van der Waals surface area contributed by atoms with Gasteiger partial charge in [0.05, 0.1) is 35.6 Å². The predicted molar refractivity (Wildman–Crippen MR) is 170 cm³/mol. The Hall–Kier alpha value is -3.87. The van der Waals surface area contributed by atoms with E-state index in [0.29, 0.717) is 12.0 Å². The van der Waals surface area contributed by atoms with Crippen LogP contribution in [0.4, 0.5) is 5.69 Å². The van der Waals surface area contributed by atoms with Gasteiger partial charge in [-0.15, -0.1) is 0 Å². The summed E-state index contributed by atoms with van der Waals surface area (Å²) in [5.41, 5.74) is 0.497. The monoisotopic (exact) mass is 587 g/mol. The van der Waals surface area contributed by atoms with E-state index < -0.39 is 24.3 Å². The molecule has 0 fully saturated rings. The molecule has 0 unspecified atom stereocenters. The van der Waals surface area contributed by atoms with E-state index in [2.05, 4.69) is 77.3 Å². The van der Waals surface area contributed by atoms with E-state index in [-0.39, 0.29) is 11.6 Å². The maximum absolute atomic E-state index is 12.5. The number of nitrogens with one attached hydrogen (secondary N) is 1. The van der Waals surface area contributed by atoms with Gasteiger partial charge in [-0.25, -0.2) is 0 Å². The van der Waals surface area contributed by atoms with Crippen LogP contribution in [0.15, 0.2) is 97.3 Å². The number of unbranched alkanes of at least 4 members (excludes halogenated alkanes) is 4. The van der Waals surface area contributed by atoms with Crippen LogP contribution in [0.2, 0.25) is 0 Å². The Kier molecular flexibility index (Phi) is 11.0. The summed E-state index contributed by atoms with van der Waals surface area (Å²) >= 11 is 0. The fourth-order valence-corrected chi connectivity index (χ4v) is 9.80. The van der Waals surface area contributed by atoms with Crippen molar-refractivity contribution in [2.45, 2.75) is 57.6 Å². The van der Waals surface area contributed by atoms with Crippen molar-refractivity contribution in [3.8, 4) is 0 Å². The largest absolute Gasteiger partial charge is 0.386 e. The van der Waals surface area contributed by atoms with Crippen LogP contribution in [-0.2, 0) is 11.8 Å². The molecule has 0 saturated heterocycles. The lowest BCUT2D eigenvalue weighted by molar-refractivity contribution is -0.384.